The number of benzene rings is 1. The Kier molecular flexibility index (Phi) is 5.57. The van der Waals surface area contributed by atoms with Crippen LogP contribution in [0.1, 0.15) is 11.1 Å². The monoisotopic (exact) mass is 497 g/mol. The number of H-pyrrole nitrogens is 1. The maximum atomic E-state index is 12.9. The van der Waals surface area contributed by atoms with Crippen molar-refractivity contribution in [3.8, 4) is 0 Å². The molecule has 3 N–H and O–H groups in total. The smallest absolute Gasteiger partial charge is 0.264 e. The molecule has 1 saturated heterocycles. The molecule has 1 fully saturated rings. The summed E-state index contributed by atoms with van der Waals surface area (Å²) in [5.41, 5.74) is 1.13. The molecule has 5 rings (SSSR count). The van der Waals surface area contributed by atoms with E-state index in [1.165, 1.54) is 18.0 Å². The van der Waals surface area contributed by atoms with E-state index in [4.69, 9.17) is 12.2 Å². The van der Waals surface area contributed by atoms with Crippen molar-refractivity contribution in [2.75, 3.05) is 10.5 Å². The number of anilines is 1. The van der Waals surface area contributed by atoms with Crippen LogP contribution in [0, 0.1) is 0 Å². The predicted molar refractivity (Wildman–Crippen MR) is 132 cm³/mol. The highest BCUT2D eigenvalue weighted by molar-refractivity contribution is 8.23. The largest absolute Gasteiger partial charge is 0.366 e. The summed E-state index contributed by atoms with van der Waals surface area (Å²) in [5.74, 6) is 0.375. The van der Waals surface area contributed by atoms with Crippen LogP contribution in [0.4, 0.5) is 5.69 Å². The fourth-order valence-electron chi connectivity index (χ4n) is 3.75. The fraction of sp³-hybridized carbons (Fsp3) is 0.136. The van der Waals surface area contributed by atoms with E-state index in [2.05, 4.69) is 19.7 Å². The second-order valence-electron chi connectivity index (χ2n) is 7.55. The second kappa shape index (κ2) is 8.41. The summed E-state index contributed by atoms with van der Waals surface area (Å²) in [6.45, 7) is 0.416. The van der Waals surface area contributed by atoms with E-state index in [0.29, 0.717) is 38.9 Å². The standard InChI is InChI=1S/C22H19N5O3S3/c28-22(14-32-21(31)27(22)13-15-3-1-9-23-11-15)16-5-7-17(8-6-16)26-33(29,30)19-12-25-20-18(19)4-2-10-24-20/h1-12,26,28H,13-14H2,(H,24,25). The molecule has 1 aliphatic rings. The van der Waals surface area contributed by atoms with Gasteiger partial charge in [0.25, 0.3) is 10.0 Å². The molecule has 0 bridgehead atoms. The lowest BCUT2D eigenvalue weighted by Crippen LogP contribution is -2.44. The topological polar surface area (TPSA) is 111 Å². The van der Waals surface area contributed by atoms with Crippen LogP contribution in [0.5, 0.6) is 0 Å². The lowest BCUT2D eigenvalue weighted by molar-refractivity contribution is -0.0508. The van der Waals surface area contributed by atoms with E-state index in [0.717, 1.165) is 5.56 Å². The van der Waals surface area contributed by atoms with Gasteiger partial charge in [-0.05, 0) is 35.9 Å². The average Bonchev–Trinajstić information content (AvgIpc) is 3.38. The maximum absolute atomic E-state index is 12.9. The quantitative estimate of drug-likeness (QED) is 0.348. The number of thioether (sulfide) groups is 1. The number of aliphatic hydroxyl groups is 1. The van der Waals surface area contributed by atoms with Crippen LogP contribution in [-0.2, 0) is 22.3 Å². The van der Waals surface area contributed by atoms with E-state index in [9.17, 15) is 13.5 Å². The lowest BCUT2D eigenvalue weighted by Gasteiger charge is -2.34. The van der Waals surface area contributed by atoms with E-state index in [1.54, 1.807) is 59.9 Å². The lowest BCUT2D eigenvalue weighted by atomic mass is 10.0. The normalized spacial score (nSPS) is 18.7. The zero-order chi connectivity index (χ0) is 23.1. The van der Waals surface area contributed by atoms with Crippen molar-refractivity contribution in [2.24, 2.45) is 0 Å². The van der Waals surface area contributed by atoms with Crippen molar-refractivity contribution in [3.63, 3.8) is 0 Å². The SMILES string of the molecule is O=S(=O)(Nc1ccc(C2(O)CSC(=S)N2Cc2cccnc2)cc1)c1c[nH]c2ncccc12. The minimum Gasteiger partial charge on any atom is -0.366 e. The van der Waals surface area contributed by atoms with Crippen LogP contribution in [0.2, 0.25) is 0 Å². The molecule has 0 spiro atoms. The molecule has 0 amide bonds. The number of hydrogen-bond donors (Lipinski definition) is 3. The maximum Gasteiger partial charge on any atom is 0.264 e. The first-order valence-corrected chi connectivity index (χ1v) is 12.9. The molecule has 11 heteroatoms. The van der Waals surface area contributed by atoms with Gasteiger partial charge in [-0.25, -0.2) is 13.4 Å². The Bertz CT molecular complexity index is 1420. The van der Waals surface area contributed by atoms with Gasteiger partial charge in [0.1, 0.15) is 14.9 Å². The van der Waals surface area contributed by atoms with Gasteiger partial charge in [0.15, 0.2) is 5.72 Å². The number of nitrogens with one attached hydrogen (secondary N) is 2. The molecule has 0 saturated carbocycles. The summed E-state index contributed by atoms with van der Waals surface area (Å²) in [4.78, 5) is 13.0. The molecular weight excluding hydrogens is 478 g/mol. The first-order chi connectivity index (χ1) is 15.9. The molecule has 0 radical (unpaired) electrons. The highest BCUT2D eigenvalue weighted by Crippen LogP contribution is 2.40. The van der Waals surface area contributed by atoms with Gasteiger partial charge in [-0.15, -0.1) is 0 Å². The van der Waals surface area contributed by atoms with Crippen molar-refractivity contribution in [2.45, 2.75) is 17.2 Å². The summed E-state index contributed by atoms with van der Waals surface area (Å²) < 4.78 is 29.1. The van der Waals surface area contributed by atoms with Crippen molar-refractivity contribution < 1.29 is 13.5 Å². The Hall–Kier alpha value is -2.99. The summed E-state index contributed by atoms with van der Waals surface area (Å²) in [7, 11) is -3.83. The van der Waals surface area contributed by atoms with Crippen molar-refractivity contribution in [1.82, 2.24) is 19.9 Å². The molecule has 168 valence electrons. The van der Waals surface area contributed by atoms with Gasteiger partial charge in [0.05, 0.1) is 5.75 Å². The van der Waals surface area contributed by atoms with E-state index < -0.39 is 15.7 Å². The highest BCUT2D eigenvalue weighted by atomic mass is 32.2. The van der Waals surface area contributed by atoms with Crippen LogP contribution in [0.15, 0.2) is 78.2 Å². The van der Waals surface area contributed by atoms with Gasteiger partial charge in [-0.2, -0.15) is 0 Å². The number of rotatable bonds is 6. The van der Waals surface area contributed by atoms with E-state index in [-0.39, 0.29) is 4.90 Å². The van der Waals surface area contributed by atoms with Crippen molar-refractivity contribution in [3.05, 3.63) is 84.4 Å². The van der Waals surface area contributed by atoms with Gasteiger partial charge < -0.3 is 15.0 Å². The van der Waals surface area contributed by atoms with E-state index >= 15 is 0 Å². The molecule has 1 atom stereocenters. The first kappa shape index (κ1) is 21.8. The van der Waals surface area contributed by atoms with Crippen LogP contribution in [0.25, 0.3) is 11.0 Å². The first-order valence-electron chi connectivity index (χ1n) is 9.98. The molecular formula is C22H19N5O3S3. The Morgan fingerprint density at radius 1 is 1.18 bits per heavy atom. The Morgan fingerprint density at radius 2 is 1.97 bits per heavy atom. The molecule has 1 aromatic carbocycles. The highest BCUT2D eigenvalue weighted by Gasteiger charge is 2.44. The second-order valence-corrected chi connectivity index (χ2v) is 10.8. The molecule has 8 nitrogen and oxygen atoms in total. The van der Waals surface area contributed by atoms with Crippen molar-refractivity contribution >= 4 is 55.0 Å². The van der Waals surface area contributed by atoms with Gasteiger partial charge in [-0.3, -0.25) is 9.71 Å². The summed E-state index contributed by atoms with van der Waals surface area (Å²) in [6.07, 6.45) is 6.45. The third-order valence-electron chi connectivity index (χ3n) is 5.43. The number of fused-ring (bicyclic) bond motifs is 1. The van der Waals surface area contributed by atoms with Gasteiger partial charge in [0.2, 0.25) is 0 Å². The van der Waals surface area contributed by atoms with Crippen molar-refractivity contribution in [1.29, 1.82) is 0 Å². The molecule has 4 aromatic rings. The molecule has 33 heavy (non-hydrogen) atoms. The average molecular weight is 498 g/mol. The number of aromatic amines is 1. The van der Waals surface area contributed by atoms with Crippen LogP contribution < -0.4 is 4.72 Å². The third kappa shape index (κ3) is 4.08. The Labute approximate surface area is 200 Å². The summed E-state index contributed by atoms with van der Waals surface area (Å²) in [6, 6.07) is 13.8. The number of nitrogens with zero attached hydrogens (tertiary/aromatic N) is 3. The van der Waals surface area contributed by atoms with Crippen LogP contribution in [0.3, 0.4) is 0 Å². The minimum atomic E-state index is -3.83. The third-order valence-corrected chi connectivity index (χ3v) is 8.44. The Morgan fingerprint density at radius 3 is 2.73 bits per heavy atom. The van der Waals surface area contributed by atoms with Crippen LogP contribution >= 0.6 is 24.0 Å². The van der Waals surface area contributed by atoms with Crippen LogP contribution in [-0.4, -0.2) is 43.4 Å². The number of pyridine rings is 2. The minimum absolute atomic E-state index is 0.119. The molecule has 4 heterocycles. The number of sulfonamides is 1. The zero-order valence-electron chi connectivity index (χ0n) is 17.2. The van der Waals surface area contributed by atoms with Gasteiger partial charge >= 0.3 is 0 Å². The molecule has 3 aromatic heterocycles. The number of aromatic nitrogens is 3. The fourth-order valence-corrected chi connectivity index (χ4v) is 6.38. The van der Waals surface area contributed by atoms with E-state index in [1.807, 2.05) is 12.1 Å². The molecule has 1 unspecified atom stereocenters. The summed E-state index contributed by atoms with van der Waals surface area (Å²) >= 11 is 6.88. The van der Waals surface area contributed by atoms with Gasteiger partial charge in [0, 0.05) is 48.0 Å². The molecule has 0 aliphatic carbocycles. The molecule has 1 aliphatic heterocycles. The van der Waals surface area contributed by atoms with Gasteiger partial charge in [-0.1, -0.05) is 42.2 Å². The predicted octanol–water partition coefficient (Wildman–Crippen LogP) is 3.44. The Balaban J connectivity index is 1.39. The number of hydrogen-bond acceptors (Lipinski definition) is 7. The number of thiocarbonyl (C=S) groups is 1. The summed E-state index contributed by atoms with van der Waals surface area (Å²) in [5, 5.41) is 12.0. The zero-order valence-corrected chi connectivity index (χ0v) is 19.6.